The first kappa shape index (κ1) is 17.3. The smallest absolute Gasteiger partial charge is 0.213 e. The molecule has 3 rings (SSSR count). The van der Waals surface area contributed by atoms with Crippen molar-refractivity contribution in [1.82, 2.24) is 4.98 Å². The standard InChI is InChI=1S/C19H21ClN2OS/c1-24-19(22-16-9-7-15(20)8-10-16)14-5-11-17(12-6-14)23-18-4-2-3-13-21-18/h2-4,7-10,13-14,17H,5-6,11-12H2,1H3/t14-,17-. The van der Waals surface area contributed by atoms with Gasteiger partial charge in [-0.25, -0.2) is 9.98 Å². The van der Waals surface area contributed by atoms with Crippen LogP contribution in [0.25, 0.3) is 0 Å². The van der Waals surface area contributed by atoms with Crippen molar-refractivity contribution in [2.24, 2.45) is 10.9 Å². The number of rotatable bonds is 4. The first-order valence-corrected chi connectivity index (χ1v) is 9.80. The molecule has 0 aliphatic heterocycles. The van der Waals surface area contributed by atoms with Crippen LogP contribution in [0.4, 0.5) is 5.69 Å². The van der Waals surface area contributed by atoms with Gasteiger partial charge in [0.2, 0.25) is 5.88 Å². The largest absolute Gasteiger partial charge is 0.474 e. The van der Waals surface area contributed by atoms with Gasteiger partial charge in [0.1, 0.15) is 6.10 Å². The third-order valence-electron chi connectivity index (χ3n) is 4.22. The molecule has 0 saturated heterocycles. The van der Waals surface area contributed by atoms with Gasteiger partial charge in [-0.05, 0) is 62.3 Å². The maximum atomic E-state index is 5.98. The van der Waals surface area contributed by atoms with Crippen LogP contribution in [0, 0.1) is 5.92 Å². The second kappa shape index (κ2) is 8.54. The maximum Gasteiger partial charge on any atom is 0.213 e. The lowest BCUT2D eigenvalue weighted by Gasteiger charge is -2.29. The van der Waals surface area contributed by atoms with Gasteiger partial charge in [0.15, 0.2) is 0 Å². The lowest BCUT2D eigenvalue weighted by atomic mass is 9.88. The Morgan fingerprint density at radius 1 is 1.12 bits per heavy atom. The molecule has 3 nitrogen and oxygen atoms in total. The summed E-state index contributed by atoms with van der Waals surface area (Å²) in [6.07, 6.45) is 8.42. The summed E-state index contributed by atoms with van der Waals surface area (Å²) in [6, 6.07) is 13.5. The number of thioether (sulfide) groups is 1. The van der Waals surface area contributed by atoms with E-state index >= 15 is 0 Å². The Bertz CT molecular complexity index is 668. The van der Waals surface area contributed by atoms with Crippen molar-refractivity contribution in [2.75, 3.05) is 6.26 Å². The molecular formula is C19H21ClN2OS. The Labute approximate surface area is 152 Å². The number of aliphatic imine (C=N–C) groups is 1. The minimum atomic E-state index is 0.259. The third kappa shape index (κ3) is 4.74. The van der Waals surface area contributed by atoms with Crippen LogP contribution in [-0.4, -0.2) is 22.4 Å². The fourth-order valence-electron chi connectivity index (χ4n) is 2.96. The molecule has 0 bridgehead atoms. The molecular weight excluding hydrogens is 340 g/mol. The molecule has 1 aromatic heterocycles. The Morgan fingerprint density at radius 3 is 2.50 bits per heavy atom. The zero-order valence-corrected chi connectivity index (χ0v) is 15.3. The van der Waals surface area contributed by atoms with Gasteiger partial charge in [-0.15, -0.1) is 11.8 Å². The topological polar surface area (TPSA) is 34.5 Å². The minimum Gasteiger partial charge on any atom is -0.474 e. The van der Waals surface area contributed by atoms with E-state index in [0.717, 1.165) is 42.3 Å². The van der Waals surface area contributed by atoms with Crippen molar-refractivity contribution in [3.63, 3.8) is 0 Å². The van der Waals surface area contributed by atoms with Crippen LogP contribution in [0.15, 0.2) is 53.7 Å². The zero-order valence-electron chi connectivity index (χ0n) is 13.7. The fraction of sp³-hybridized carbons (Fsp3) is 0.368. The quantitative estimate of drug-likeness (QED) is 0.513. The fourth-order valence-corrected chi connectivity index (χ4v) is 3.85. The summed E-state index contributed by atoms with van der Waals surface area (Å²) >= 11 is 7.69. The van der Waals surface area contributed by atoms with Crippen molar-refractivity contribution in [1.29, 1.82) is 0 Å². The Kier molecular flexibility index (Phi) is 6.16. The Hall–Kier alpha value is -1.52. The van der Waals surface area contributed by atoms with Crippen molar-refractivity contribution >= 4 is 34.1 Å². The minimum absolute atomic E-state index is 0.259. The molecule has 5 heteroatoms. The highest BCUT2D eigenvalue weighted by Gasteiger charge is 2.26. The number of pyridine rings is 1. The highest BCUT2D eigenvalue weighted by molar-refractivity contribution is 8.13. The van der Waals surface area contributed by atoms with Gasteiger partial charge in [0.05, 0.1) is 10.7 Å². The second-order valence-electron chi connectivity index (χ2n) is 5.89. The predicted octanol–water partition coefficient (Wildman–Crippen LogP) is 5.77. The van der Waals surface area contributed by atoms with Gasteiger partial charge in [-0.3, -0.25) is 0 Å². The summed E-state index contributed by atoms with van der Waals surface area (Å²) in [4.78, 5) is 9.06. The summed E-state index contributed by atoms with van der Waals surface area (Å²) in [5, 5.41) is 1.94. The van der Waals surface area contributed by atoms with E-state index in [-0.39, 0.29) is 6.10 Å². The van der Waals surface area contributed by atoms with Gasteiger partial charge in [-0.2, -0.15) is 0 Å². The molecule has 0 spiro atoms. The lowest BCUT2D eigenvalue weighted by molar-refractivity contribution is 0.139. The zero-order chi connectivity index (χ0) is 16.8. The van der Waals surface area contributed by atoms with E-state index in [1.165, 1.54) is 5.04 Å². The van der Waals surface area contributed by atoms with Gasteiger partial charge < -0.3 is 4.74 Å². The summed E-state index contributed by atoms with van der Waals surface area (Å²) < 4.78 is 5.98. The molecule has 1 aromatic carbocycles. The average Bonchev–Trinajstić information content (AvgIpc) is 2.63. The second-order valence-corrected chi connectivity index (χ2v) is 7.15. The summed E-state index contributed by atoms with van der Waals surface area (Å²) in [6.45, 7) is 0. The van der Waals surface area contributed by atoms with E-state index in [2.05, 4.69) is 11.2 Å². The molecule has 0 N–H and O–H groups in total. The maximum absolute atomic E-state index is 5.98. The van der Waals surface area contributed by atoms with Crippen molar-refractivity contribution in [3.8, 4) is 5.88 Å². The highest BCUT2D eigenvalue weighted by atomic mass is 35.5. The van der Waals surface area contributed by atoms with E-state index < -0.39 is 0 Å². The molecule has 1 heterocycles. The first-order chi connectivity index (χ1) is 11.7. The van der Waals surface area contributed by atoms with Gasteiger partial charge in [-0.1, -0.05) is 17.7 Å². The van der Waals surface area contributed by atoms with Gasteiger partial charge in [0, 0.05) is 23.2 Å². The number of halogens is 1. The lowest BCUT2D eigenvalue weighted by Crippen LogP contribution is -2.27. The van der Waals surface area contributed by atoms with Crippen molar-refractivity contribution in [2.45, 2.75) is 31.8 Å². The molecule has 0 amide bonds. The van der Waals surface area contributed by atoms with Crippen LogP contribution in [0.2, 0.25) is 5.02 Å². The molecule has 0 unspecified atom stereocenters. The molecule has 0 atom stereocenters. The van der Waals surface area contributed by atoms with Gasteiger partial charge in [0.25, 0.3) is 0 Å². The highest BCUT2D eigenvalue weighted by Crippen LogP contribution is 2.32. The third-order valence-corrected chi connectivity index (χ3v) is 5.32. The van der Waals surface area contributed by atoms with E-state index in [4.69, 9.17) is 21.3 Å². The number of aromatic nitrogens is 1. The number of hydrogen-bond acceptors (Lipinski definition) is 4. The first-order valence-electron chi connectivity index (χ1n) is 8.20. The molecule has 126 valence electrons. The molecule has 1 fully saturated rings. The van der Waals surface area contributed by atoms with E-state index in [1.807, 2.05) is 42.5 Å². The number of nitrogens with zero attached hydrogens (tertiary/aromatic N) is 2. The molecule has 0 radical (unpaired) electrons. The monoisotopic (exact) mass is 360 g/mol. The molecule has 1 aliphatic rings. The van der Waals surface area contributed by atoms with Crippen LogP contribution in [-0.2, 0) is 0 Å². The number of benzene rings is 1. The van der Waals surface area contributed by atoms with E-state index in [1.54, 1.807) is 18.0 Å². The average molecular weight is 361 g/mol. The molecule has 1 aliphatic carbocycles. The van der Waals surface area contributed by atoms with E-state index in [9.17, 15) is 0 Å². The summed E-state index contributed by atoms with van der Waals surface area (Å²) in [7, 11) is 0. The Balaban J connectivity index is 1.59. The summed E-state index contributed by atoms with van der Waals surface area (Å²) in [5.41, 5.74) is 0.968. The predicted molar refractivity (Wildman–Crippen MR) is 103 cm³/mol. The van der Waals surface area contributed by atoms with E-state index in [0.29, 0.717) is 5.92 Å². The summed E-state index contributed by atoms with van der Waals surface area (Å²) in [5.74, 6) is 1.24. The normalized spacial score (nSPS) is 21.5. The van der Waals surface area contributed by atoms with Crippen molar-refractivity contribution < 1.29 is 4.74 Å². The molecule has 24 heavy (non-hydrogen) atoms. The molecule has 1 saturated carbocycles. The van der Waals surface area contributed by atoms with Gasteiger partial charge >= 0.3 is 0 Å². The Morgan fingerprint density at radius 2 is 1.88 bits per heavy atom. The molecule has 2 aromatic rings. The van der Waals surface area contributed by atoms with Crippen molar-refractivity contribution in [3.05, 3.63) is 53.7 Å². The SMILES string of the molecule is CSC(=Nc1ccc(Cl)cc1)[C@H]1CC[C@H](Oc2ccccn2)CC1. The van der Waals surface area contributed by atoms with Crippen LogP contribution in [0.5, 0.6) is 5.88 Å². The number of ether oxygens (including phenoxy) is 1. The van der Waals surface area contributed by atoms with Crippen LogP contribution < -0.4 is 4.74 Å². The van der Waals surface area contributed by atoms with Crippen LogP contribution in [0.1, 0.15) is 25.7 Å². The number of hydrogen-bond donors (Lipinski definition) is 0. The van der Waals surface area contributed by atoms with Crippen LogP contribution in [0.3, 0.4) is 0 Å². The van der Waals surface area contributed by atoms with Crippen LogP contribution >= 0.6 is 23.4 Å².